The minimum absolute atomic E-state index is 0.0625. The van der Waals surface area contributed by atoms with Crippen LogP contribution < -0.4 is 0 Å². The van der Waals surface area contributed by atoms with Crippen LogP contribution in [0.25, 0.3) is 11.0 Å². The highest BCUT2D eigenvalue weighted by atomic mass is 32.2. The minimum atomic E-state index is -0.797. The molecule has 5 heteroatoms. The average Bonchev–Trinajstić information content (AvgIpc) is 2.71. The molecule has 4 nitrogen and oxygen atoms in total. The molecule has 1 aliphatic carbocycles. The highest BCUT2D eigenvalue weighted by molar-refractivity contribution is 7.99. The third-order valence-electron chi connectivity index (χ3n) is 3.94. The quantitative estimate of drug-likeness (QED) is 0.858. The molecule has 0 unspecified atom stereocenters. The Labute approximate surface area is 122 Å². The predicted molar refractivity (Wildman–Crippen MR) is 80.2 cm³/mol. The summed E-state index contributed by atoms with van der Waals surface area (Å²) in [6.45, 7) is 3.01. The summed E-state index contributed by atoms with van der Waals surface area (Å²) in [4.78, 5) is 15.5. The van der Waals surface area contributed by atoms with Gasteiger partial charge in [-0.15, -0.1) is 0 Å². The van der Waals surface area contributed by atoms with Crippen molar-refractivity contribution in [3.05, 3.63) is 23.8 Å². The van der Waals surface area contributed by atoms with E-state index in [0.717, 1.165) is 34.2 Å². The predicted octanol–water partition coefficient (Wildman–Crippen LogP) is 3.32. The summed E-state index contributed by atoms with van der Waals surface area (Å²) in [5.41, 5.74) is 3.27. The fourth-order valence-corrected chi connectivity index (χ4v) is 3.35. The molecule has 1 aromatic heterocycles. The van der Waals surface area contributed by atoms with Crippen molar-refractivity contribution in [1.82, 2.24) is 9.55 Å². The zero-order chi connectivity index (χ0) is 14.1. The lowest BCUT2D eigenvalue weighted by Crippen LogP contribution is -2.18. The van der Waals surface area contributed by atoms with E-state index in [2.05, 4.69) is 28.6 Å². The fraction of sp³-hybridized carbons (Fsp3) is 0.467. The molecule has 0 spiro atoms. The molecule has 2 aromatic rings. The van der Waals surface area contributed by atoms with Crippen molar-refractivity contribution in [1.29, 1.82) is 0 Å². The molecule has 0 amide bonds. The van der Waals surface area contributed by atoms with Crippen LogP contribution in [0.2, 0.25) is 0 Å². The van der Waals surface area contributed by atoms with Gasteiger partial charge in [0.2, 0.25) is 0 Å². The van der Waals surface area contributed by atoms with E-state index < -0.39 is 5.97 Å². The zero-order valence-electron chi connectivity index (χ0n) is 11.5. The van der Waals surface area contributed by atoms with Gasteiger partial charge in [0.25, 0.3) is 0 Å². The maximum Gasteiger partial charge on any atom is 0.313 e. The number of benzene rings is 1. The molecule has 0 saturated heterocycles. The number of hydrogen-bond donors (Lipinski definition) is 1. The molecule has 3 rings (SSSR count). The van der Waals surface area contributed by atoms with Crippen molar-refractivity contribution in [2.45, 2.75) is 37.9 Å². The van der Waals surface area contributed by atoms with Gasteiger partial charge in [-0.3, -0.25) is 4.79 Å². The molecule has 1 heterocycles. The number of aromatic nitrogens is 2. The number of thioether (sulfide) groups is 1. The summed E-state index contributed by atoms with van der Waals surface area (Å²) >= 11 is 1.32. The number of aryl methyl sites for hydroxylation is 1. The molecule has 1 aromatic carbocycles. The molecular weight excluding hydrogens is 272 g/mol. The smallest absolute Gasteiger partial charge is 0.313 e. The number of aliphatic carboxylic acids is 1. The van der Waals surface area contributed by atoms with Crippen LogP contribution in [0, 0.1) is 12.8 Å². The van der Waals surface area contributed by atoms with Gasteiger partial charge in [0, 0.05) is 6.54 Å². The molecule has 0 radical (unpaired) electrons. The van der Waals surface area contributed by atoms with E-state index in [4.69, 9.17) is 5.11 Å². The minimum Gasteiger partial charge on any atom is -0.481 e. The molecule has 1 saturated carbocycles. The highest BCUT2D eigenvalue weighted by Crippen LogP contribution is 2.32. The largest absolute Gasteiger partial charge is 0.481 e. The third kappa shape index (κ3) is 2.54. The first-order chi connectivity index (χ1) is 9.65. The van der Waals surface area contributed by atoms with Gasteiger partial charge in [-0.25, -0.2) is 4.98 Å². The van der Waals surface area contributed by atoms with Crippen molar-refractivity contribution in [3.8, 4) is 0 Å². The third-order valence-corrected chi connectivity index (χ3v) is 4.90. The molecule has 1 fully saturated rings. The Hall–Kier alpha value is -1.49. The van der Waals surface area contributed by atoms with Gasteiger partial charge in [0.05, 0.1) is 16.8 Å². The van der Waals surface area contributed by atoms with Crippen LogP contribution in [-0.2, 0) is 11.3 Å². The van der Waals surface area contributed by atoms with E-state index in [1.54, 1.807) is 0 Å². The molecule has 0 atom stereocenters. The normalized spacial score (nSPS) is 15.4. The first kappa shape index (κ1) is 13.5. The Bertz CT molecular complexity index is 647. The monoisotopic (exact) mass is 290 g/mol. The van der Waals surface area contributed by atoms with Gasteiger partial charge in [0.15, 0.2) is 5.16 Å². The summed E-state index contributed by atoms with van der Waals surface area (Å²) < 4.78 is 2.21. The number of hydrogen-bond acceptors (Lipinski definition) is 3. The van der Waals surface area contributed by atoms with Gasteiger partial charge in [-0.2, -0.15) is 0 Å². The average molecular weight is 290 g/mol. The Balaban J connectivity index is 1.98. The van der Waals surface area contributed by atoms with Crippen LogP contribution in [-0.4, -0.2) is 26.4 Å². The lowest BCUT2D eigenvalue weighted by molar-refractivity contribution is -0.133. The Morgan fingerprint density at radius 3 is 2.95 bits per heavy atom. The first-order valence-corrected chi connectivity index (χ1v) is 7.94. The topological polar surface area (TPSA) is 55.1 Å². The number of nitrogens with zero attached hydrogens (tertiary/aromatic N) is 2. The van der Waals surface area contributed by atoms with Crippen LogP contribution in [0.15, 0.2) is 23.4 Å². The summed E-state index contributed by atoms with van der Waals surface area (Å²) in [7, 11) is 0. The SMILES string of the molecule is Cc1cccc2c1nc(SCC(=O)O)n2CC1CCC1. The second-order valence-corrected chi connectivity index (χ2v) is 6.37. The van der Waals surface area contributed by atoms with Crippen LogP contribution in [0.3, 0.4) is 0 Å². The van der Waals surface area contributed by atoms with Crippen LogP contribution in [0.1, 0.15) is 24.8 Å². The molecular formula is C15H18N2O2S. The Kier molecular flexibility index (Phi) is 3.70. The number of para-hydroxylation sites is 1. The summed E-state index contributed by atoms with van der Waals surface area (Å²) in [5.74, 6) is -0.0152. The fourth-order valence-electron chi connectivity index (χ4n) is 2.61. The summed E-state index contributed by atoms with van der Waals surface area (Å²) in [6.07, 6.45) is 3.86. The van der Waals surface area contributed by atoms with E-state index in [1.165, 1.54) is 31.0 Å². The number of carboxylic acids is 1. The number of imidazole rings is 1. The van der Waals surface area contributed by atoms with Gasteiger partial charge >= 0.3 is 5.97 Å². The standard InChI is InChI=1S/C15H18N2O2S/c1-10-4-2-7-12-14(10)16-15(20-9-13(18)19)17(12)8-11-5-3-6-11/h2,4,7,11H,3,5-6,8-9H2,1H3,(H,18,19). The Morgan fingerprint density at radius 2 is 2.30 bits per heavy atom. The number of carbonyl (C=O) groups is 1. The molecule has 1 N–H and O–H groups in total. The van der Waals surface area contributed by atoms with E-state index in [-0.39, 0.29) is 5.75 Å². The summed E-state index contributed by atoms with van der Waals surface area (Å²) in [5, 5.41) is 9.71. The lowest BCUT2D eigenvalue weighted by Gasteiger charge is -2.26. The van der Waals surface area contributed by atoms with Crippen LogP contribution in [0.4, 0.5) is 0 Å². The van der Waals surface area contributed by atoms with E-state index in [1.807, 2.05) is 6.07 Å². The molecule has 0 aliphatic heterocycles. The molecule has 20 heavy (non-hydrogen) atoms. The number of carboxylic acid groups (broad SMARTS) is 1. The van der Waals surface area contributed by atoms with Crippen LogP contribution >= 0.6 is 11.8 Å². The van der Waals surface area contributed by atoms with Gasteiger partial charge in [-0.05, 0) is 37.3 Å². The van der Waals surface area contributed by atoms with Crippen molar-refractivity contribution in [3.63, 3.8) is 0 Å². The Morgan fingerprint density at radius 1 is 1.50 bits per heavy atom. The van der Waals surface area contributed by atoms with E-state index in [9.17, 15) is 4.79 Å². The summed E-state index contributed by atoms with van der Waals surface area (Å²) in [6, 6.07) is 6.18. The van der Waals surface area contributed by atoms with Crippen molar-refractivity contribution >= 4 is 28.8 Å². The number of fused-ring (bicyclic) bond motifs is 1. The lowest BCUT2D eigenvalue weighted by atomic mass is 9.85. The maximum atomic E-state index is 10.8. The second kappa shape index (κ2) is 5.48. The zero-order valence-corrected chi connectivity index (χ0v) is 12.3. The van der Waals surface area contributed by atoms with Gasteiger partial charge < -0.3 is 9.67 Å². The molecule has 0 bridgehead atoms. The maximum absolute atomic E-state index is 10.8. The molecule has 1 aliphatic rings. The van der Waals surface area contributed by atoms with Crippen LogP contribution in [0.5, 0.6) is 0 Å². The highest BCUT2D eigenvalue weighted by Gasteiger charge is 2.21. The van der Waals surface area contributed by atoms with Gasteiger partial charge in [-0.1, -0.05) is 30.3 Å². The number of rotatable bonds is 5. The first-order valence-electron chi connectivity index (χ1n) is 6.95. The van der Waals surface area contributed by atoms with Crippen molar-refractivity contribution < 1.29 is 9.90 Å². The van der Waals surface area contributed by atoms with E-state index >= 15 is 0 Å². The van der Waals surface area contributed by atoms with Gasteiger partial charge in [0.1, 0.15) is 0 Å². The second-order valence-electron chi connectivity index (χ2n) is 5.43. The van der Waals surface area contributed by atoms with Crippen molar-refractivity contribution in [2.75, 3.05) is 5.75 Å². The van der Waals surface area contributed by atoms with E-state index in [0.29, 0.717) is 0 Å². The molecule has 106 valence electrons. The van der Waals surface area contributed by atoms with Crippen molar-refractivity contribution in [2.24, 2.45) is 5.92 Å².